The van der Waals surface area contributed by atoms with Crippen molar-refractivity contribution in [1.29, 1.82) is 0 Å². The first-order valence-electron chi connectivity index (χ1n) is 8.66. The second-order valence-corrected chi connectivity index (χ2v) is 6.90. The van der Waals surface area contributed by atoms with E-state index in [0.717, 1.165) is 25.9 Å². The smallest absolute Gasteiger partial charge is 0.343 e. The number of halogens is 3. The number of amides is 1. The molecule has 23 heavy (non-hydrogen) atoms. The molecule has 0 aromatic carbocycles. The first-order chi connectivity index (χ1) is 10.8. The van der Waals surface area contributed by atoms with Crippen LogP contribution in [-0.4, -0.2) is 66.7 Å². The zero-order chi connectivity index (χ0) is 16.9. The molecule has 2 atom stereocenters. The number of hydrogen-bond donors (Lipinski definition) is 1. The van der Waals surface area contributed by atoms with Crippen LogP contribution in [0.4, 0.5) is 13.2 Å². The van der Waals surface area contributed by atoms with E-state index in [2.05, 4.69) is 5.32 Å². The van der Waals surface area contributed by atoms with Crippen molar-refractivity contribution in [3.8, 4) is 0 Å². The van der Waals surface area contributed by atoms with Gasteiger partial charge in [0.05, 0.1) is 6.54 Å². The Kier molecular flexibility index (Phi) is 6.71. The van der Waals surface area contributed by atoms with Crippen LogP contribution in [-0.2, 0) is 4.79 Å². The van der Waals surface area contributed by atoms with E-state index in [4.69, 9.17) is 0 Å². The lowest BCUT2D eigenvalue weighted by atomic mass is 10.1. The molecule has 2 aliphatic heterocycles. The van der Waals surface area contributed by atoms with Gasteiger partial charge < -0.3 is 10.2 Å². The number of nitrogens with one attached hydrogen (secondary N) is 1. The van der Waals surface area contributed by atoms with Gasteiger partial charge in [0.15, 0.2) is 0 Å². The highest BCUT2D eigenvalue weighted by Crippen LogP contribution is 2.20. The Morgan fingerprint density at radius 3 is 2.43 bits per heavy atom. The van der Waals surface area contributed by atoms with E-state index >= 15 is 0 Å². The third-order valence-corrected chi connectivity index (χ3v) is 4.64. The molecule has 2 rings (SSSR count). The zero-order valence-corrected chi connectivity index (χ0v) is 13.9. The molecule has 0 spiro atoms. The van der Waals surface area contributed by atoms with Gasteiger partial charge in [0.1, 0.15) is 0 Å². The molecule has 0 unspecified atom stereocenters. The second kappa shape index (κ2) is 8.33. The van der Waals surface area contributed by atoms with Crippen LogP contribution in [0.3, 0.4) is 0 Å². The summed E-state index contributed by atoms with van der Waals surface area (Å²) >= 11 is 0. The minimum atomic E-state index is -4.14. The third kappa shape index (κ3) is 6.67. The summed E-state index contributed by atoms with van der Waals surface area (Å²) in [4.78, 5) is 15.7. The first-order valence-corrected chi connectivity index (χ1v) is 8.66. The average molecular weight is 335 g/mol. The molecule has 1 amide bonds. The fourth-order valence-corrected chi connectivity index (χ4v) is 3.54. The molecule has 0 aromatic heterocycles. The summed E-state index contributed by atoms with van der Waals surface area (Å²) < 4.78 is 37.2. The highest BCUT2D eigenvalue weighted by molar-refractivity contribution is 5.76. The fraction of sp³-hybridized carbons (Fsp3) is 0.938. The zero-order valence-electron chi connectivity index (χ0n) is 13.9. The largest absolute Gasteiger partial charge is 0.401 e. The number of nitrogens with zero attached hydrogens (tertiary/aromatic N) is 2. The van der Waals surface area contributed by atoms with Gasteiger partial charge in [0, 0.05) is 44.7 Å². The molecule has 0 bridgehead atoms. The maximum absolute atomic E-state index is 12.4. The third-order valence-electron chi connectivity index (χ3n) is 4.64. The number of rotatable bonds is 5. The first kappa shape index (κ1) is 18.5. The Morgan fingerprint density at radius 1 is 1.17 bits per heavy atom. The summed E-state index contributed by atoms with van der Waals surface area (Å²) in [5, 5.41) is 3.32. The molecule has 2 fully saturated rings. The topological polar surface area (TPSA) is 35.6 Å². The highest BCUT2D eigenvalue weighted by atomic mass is 19.4. The Morgan fingerprint density at radius 2 is 1.83 bits per heavy atom. The van der Waals surface area contributed by atoms with Crippen LogP contribution in [0, 0.1) is 0 Å². The molecule has 1 N–H and O–H groups in total. The quantitative estimate of drug-likeness (QED) is 0.838. The van der Waals surface area contributed by atoms with E-state index in [1.54, 1.807) is 0 Å². The molecule has 134 valence electrons. The van der Waals surface area contributed by atoms with Crippen LogP contribution in [0.15, 0.2) is 0 Å². The SMILES string of the molecule is C[C@@H](CC(=O)N1CCCCCC1)N[C@@H]1CCN(CC(F)(F)F)C1. The number of carbonyl (C=O) groups excluding carboxylic acids is 1. The molecule has 2 saturated heterocycles. The van der Waals surface area contributed by atoms with Gasteiger partial charge >= 0.3 is 6.18 Å². The van der Waals surface area contributed by atoms with Crippen molar-refractivity contribution < 1.29 is 18.0 Å². The number of hydrogen-bond acceptors (Lipinski definition) is 3. The van der Waals surface area contributed by atoms with Gasteiger partial charge in [0.25, 0.3) is 0 Å². The van der Waals surface area contributed by atoms with Gasteiger partial charge in [-0.15, -0.1) is 0 Å². The Balaban J connectivity index is 1.70. The van der Waals surface area contributed by atoms with Gasteiger partial charge in [-0.2, -0.15) is 13.2 Å². The van der Waals surface area contributed by atoms with Crippen LogP contribution >= 0.6 is 0 Å². The molecule has 2 heterocycles. The number of carbonyl (C=O) groups is 1. The number of alkyl halides is 3. The molecule has 7 heteroatoms. The normalized spacial score (nSPS) is 25.4. The summed E-state index contributed by atoms with van der Waals surface area (Å²) in [6.07, 6.45) is 1.52. The van der Waals surface area contributed by atoms with E-state index in [9.17, 15) is 18.0 Å². The summed E-state index contributed by atoms with van der Waals surface area (Å²) in [5.74, 6) is 0.164. The van der Waals surface area contributed by atoms with E-state index in [1.165, 1.54) is 17.7 Å². The fourth-order valence-electron chi connectivity index (χ4n) is 3.54. The maximum Gasteiger partial charge on any atom is 0.401 e. The van der Waals surface area contributed by atoms with Gasteiger partial charge in [-0.05, 0) is 26.2 Å². The lowest BCUT2D eigenvalue weighted by molar-refractivity contribution is -0.143. The van der Waals surface area contributed by atoms with Crippen molar-refractivity contribution in [2.75, 3.05) is 32.7 Å². The van der Waals surface area contributed by atoms with Crippen LogP contribution in [0.1, 0.15) is 45.4 Å². The van der Waals surface area contributed by atoms with E-state index in [1.807, 2.05) is 11.8 Å². The molecular weight excluding hydrogens is 307 g/mol. The Labute approximate surface area is 136 Å². The Hall–Kier alpha value is -0.820. The lowest BCUT2D eigenvalue weighted by Crippen LogP contribution is -2.43. The van der Waals surface area contributed by atoms with Gasteiger partial charge in [-0.1, -0.05) is 12.8 Å². The van der Waals surface area contributed by atoms with Crippen LogP contribution in [0.5, 0.6) is 0 Å². The molecule has 0 saturated carbocycles. The predicted octanol–water partition coefficient (Wildman–Crippen LogP) is 2.39. The molecule has 0 aliphatic carbocycles. The van der Waals surface area contributed by atoms with Crippen molar-refractivity contribution in [3.05, 3.63) is 0 Å². The van der Waals surface area contributed by atoms with Gasteiger partial charge in [0.2, 0.25) is 5.91 Å². The molecule has 0 aromatic rings. The van der Waals surface area contributed by atoms with Crippen molar-refractivity contribution in [3.63, 3.8) is 0 Å². The van der Waals surface area contributed by atoms with E-state index in [-0.39, 0.29) is 18.0 Å². The predicted molar refractivity (Wildman–Crippen MR) is 83.2 cm³/mol. The lowest BCUT2D eigenvalue weighted by Gasteiger charge is -2.25. The standard InChI is InChI=1S/C16H28F3N3O/c1-13(10-15(23)22-7-4-2-3-5-8-22)20-14-6-9-21(11-14)12-16(17,18)19/h13-14,20H,2-12H2,1H3/t13-,14+/m0/s1. The average Bonchev–Trinajstić information content (AvgIpc) is 2.71. The highest BCUT2D eigenvalue weighted by Gasteiger charge is 2.34. The van der Waals surface area contributed by atoms with Crippen LogP contribution in [0.2, 0.25) is 0 Å². The van der Waals surface area contributed by atoms with E-state index in [0.29, 0.717) is 25.9 Å². The van der Waals surface area contributed by atoms with Crippen LogP contribution < -0.4 is 5.32 Å². The summed E-state index contributed by atoms with van der Waals surface area (Å²) in [5.41, 5.74) is 0. The van der Waals surface area contributed by atoms with Crippen molar-refractivity contribution >= 4 is 5.91 Å². The van der Waals surface area contributed by atoms with Gasteiger partial charge in [-0.3, -0.25) is 9.69 Å². The number of likely N-dealkylation sites (tertiary alicyclic amines) is 2. The van der Waals surface area contributed by atoms with Crippen molar-refractivity contribution in [2.45, 2.75) is 63.7 Å². The molecular formula is C16H28F3N3O. The summed E-state index contributed by atoms with van der Waals surface area (Å²) in [6.45, 7) is 3.66. The van der Waals surface area contributed by atoms with Crippen molar-refractivity contribution in [1.82, 2.24) is 15.1 Å². The van der Waals surface area contributed by atoms with Gasteiger partial charge in [-0.25, -0.2) is 0 Å². The van der Waals surface area contributed by atoms with Crippen LogP contribution in [0.25, 0.3) is 0 Å². The summed E-state index contributed by atoms with van der Waals surface area (Å²) in [6, 6.07) is 0.0471. The molecule has 0 radical (unpaired) electrons. The minimum absolute atomic E-state index is 0.00147. The van der Waals surface area contributed by atoms with Crippen molar-refractivity contribution in [2.24, 2.45) is 0 Å². The minimum Gasteiger partial charge on any atom is -0.343 e. The maximum atomic E-state index is 12.4. The molecule has 2 aliphatic rings. The molecule has 4 nitrogen and oxygen atoms in total. The van der Waals surface area contributed by atoms with E-state index < -0.39 is 12.7 Å². The monoisotopic (exact) mass is 335 g/mol. The summed E-state index contributed by atoms with van der Waals surface area (Å²) in [7, 11) is 0. The Bertz CT molecular complexity index is 381. The second-order valence-electron chi connectivity index (χ2n) is 6.90.